The van der Waals surface area contributed by atoms with Crippen LogP contribution < -0.4 is 0 Å². The number of phenolic OH excluding ortho intramolecular Hbond substituents is 1. The summed E-state index contributed by atoms with van der Waals surface area (Å²) in [5.74, 6) is 0.108. The summed E-state index contributed by atoms with van der Waals surface area (Å²) in [5.41, 5.74) is 2.40. The van der Waals surface area contributed by atoms with Crippen molar-refractivity contribution in [2.75, 3.05) is 0 Å². The van der Waals surface area contributed by atoms with Gasteiger partial charge in [-0.05, 0) is 36.8 Å². The number of aromatic nitrogens is 3. The lowest BCUT2D eigenvalue weighted by Gasteiger charge is -2.07. The molecule has 0 aliphatic heterocycles. The SMILES string of the molecule is Cc1ccc(S(=O)(=O)n2cc(-c3ccc(O)cc3)c3c(Cl)ncnc32)cc1. The van der Waals surface area contributed by atoms with E-state index in [1.165, 1.54) is 24.7 Å². The fourth-order valence-corrected chi connectivity index (χ4v) is 4.41. The maximum atomic E-state index is 13.2. The van der Waals surface area contributed by atoms with Gasteiger partial charge in [-0.2, -0.15) is 0 Å². The van der Waals surface area contributed by atoms with E-state index in [1.807, 2.05) is 6.92 Å². The number of halogens is 1. The smallest absolute Gasteiger partial charge is 0.269 e. The molecule has 1 N–H and O–H groups in total. The van der Waals surface area contributed by atoms with Crippen molar-refractivity contribution < 1.29 is 13.5 Å². The molecule has 2 aromatic carbocycles. The van der Waals surface area contributed by atoms with Crippen LogP contribution in [0.3, 0.4) is 0 Å². The first-order valence-corrected chi connectivity index (χ1v) is 9.83. The molecule has 0 aliphatic carbocycles. The van der Waals surface area contributed by atoms with E-state index >= 15 is 0 Å². The predicted octanol–water partition coefficient (Wildman–Crippen LogP) is 4.00. The van der Waals surface area contributed by atoms with Gasteiger partial charge in [0.2, 0.25) is 0 Å². The molecule has 2 aromatic heterocycles. The van der Waals surface area contributed by atoms with Gasteiger partial charge in [0.25, 0.3) is 10.0 Å². The molecule has 0 fully saturated rings. The Morgan fingerprint density at radius 2 is 1.67 bits per heavy atom. The second-order valence-corrected chi connectivity index (χ2v) is 8.24. The summed E-state index contributed by atoms with van der Waals surface area (Å²) < 4.78 is 27.5. The third-order valence-electron chi connectivity index (χ3n) is 4.26. The van der Waals surface area contributed by atoms with Crippen LogP contribution in [0.25, 0.3) is 22.2 Å². The highest BCUT2D eigenvalue weighted by Crippen LogP contribution is 2.35. The van der Waals surface area contributed by atoms with Gasteiger partial charge < -0.3 is 5.11 Å². The molecule has 136 valence electrons. The first-order chi connectivity index (χ1) is 12.9. The van der Waals surface area contributed by atoms with Gasteiger partial charge in [-0.1, -0.05) is 41.4 Å². The van der Waals surface area contributed by atoms with E-state index in [4.69, 9.17) is 11.6 Å². The fourth-order valence-electron chi connectivity index (χ4n) is 2.86. The largest absolute Gasteiger partial charge is 0.508 e. The lowest BCUT2D eigenvalue weighted by molar-refractivity contribution is 0.475. The number of hydrogen-bond acceptors (Lipinski definition) is 5. The van der Waals surface area contributed by atoms with Crippen LogP contribution in [0.15, 0.2) is 66.0 Å². The minimum atomic E-state index is -3.88. The van der Waals surface area contributed by atoms with Crippen molar-refractivity contribution in [1.82, 2.24) is 13.9 Å². The number of phenols is 1. The Labute approximate surface area is 160 Å². The van der Waals surface area contributed by atoms with E-state index in [0.717, 1.165) is 9.54 Å². The summed E-state index contributed by atoms with van der Waals surface area (Å²) >= 11 is 6.26. The van der Waals surface area contributed by atoms with Gasteiger partial charge in [-0.15, -0.1) is 0 Å². The van der Waals surface area contributed by atoms with Crippen molar-refractivity contribution in [3.05, 3.63) is 71.8 Å². The lowest BCUT2D eigenvalue weighted by Crippen LogP contribution is -2.12. The minimum Gasteiger partial charge on any atom is -0.508 e. The van der Waals surface area contributed by atoms with Crippen LogP contribution in [-0.4, -0.2) is 27.5 Å². The van der Waals surface area contributed by atoms with Crippen LogP contribution in [0, 0.1) is 6.92 Å². The second kappa shape index (κ2) is 6.37. The molecular formula is C19H14ClN3O3S. The Hall–Kier alpha value is -2.90. The fraction of sp³-hybridized carbons (Fsp3) is 0.0526. The number of fused-ring (bicyclic) bond motifs is 1. The minimum absolute atomic E-state index is 0.108. The quantitative estimate of drug-likeness (QED) is 0.526. The molecule has 0 bridgehead atoms. The zero-order valence-corrected chi connectivity index (χ0v) is 15.7. The van der Waals surface area contributed by atoms with E-state index in [1.54, 1.807) is 36.4 Å². The average molecular weight is 400 g/mol. The molecule has 4 rings (SSSR count). The lowest BCUT2D eigenvalue weighted by atomic mass is 10.1. The number of aromatic hydroxyl groups is 1. The summed E-state index contributed by atoms with van der Waals surface area (Å²) in [6.07, 6.45) is 2.71. The maximum absolute atomic E-state index is 13.2. The zero-order chi connectivity index (χ0) is 19.2. The Kier molecular flexibility index (Phi) is 4.13. The summed E-state index contributed by atoms with van der Waals surface area (Å²) in [6, 6.07) is 13.0. The van der Waals surface area contributed by atoms with Crippen molar-refractivity contribution >= 4 is 32.7 Å². The number of nitrogens with zero attached hydrogens (tertiary/aromatic N) is 3. The van der Waals surface area contributed by atoms with E-state index in [9.17, 15) is 13.5 Å². The molecule has 4 aromatic rings. The monoisotopic (exact) mass is 399 g/mol. The van der Waals surface area contributed by atoms with Gasteiger partial charge in [0, 0.05) is 11.8 Å². The van der Waals surface area contributed by atoms with Crippen molar-refractivity contribution in [1.29, 1.82) is 0 Å². The second-order valence-electron chi connectivity index (χ2n) is 6.07. The van der Waals surface area contributed by atoms with E-state index in [-0.39, 0.29) is 21.4 Å². The molecule has 0 saturated carbocycles. The number of aryl methyl sites for hydroxylation is 1. The van der Waals surface area contributed by atoms with Gasteiger partial charge in [-0.25, -0.2) is 22.4 Å². The van der Waals surface area contributed by atoms with E-state index < -0.39 is 10.0 Å². The van der Waals surface area contributed by atoms with Gasteiger partial charge in [0.15, 0.2) is 5.65 Å². The summed E-state index contributed by atoms with van der Waals surface area (Å²) in [7, 11) is -3.88. The first kappa shape index (κ1) is 17.5. The predicted molar refractivity (Wildman–Crippen MR) is 103 cm³/mol. The Morgan fingerprint density at radius 3 is 2.33 bits per heavy atom. The Bertz CT molecular complexity index is 1250. The molecule has 0 aliphatic rings. The van der Waals surface area contributed by atoms with Crippen molar-refractivity contribution in [3.8, 4) is 16.9 Å². The van der Waals surface area contributed by atoms with Crippen LogP contribution in [0.2, 0.25) is 5.15 Å². The molecule has 0 unspecified atom stereocenters. The topological polar surface area (TPSA) is 85.1 Å². The van der Waals surface area contributed by atoms with Gasteiger partial charge in [0.05, 0.1) is 10.3 Å². The third-order valence-corrected chi connectivity index (χ3v) is 6.21. The van der Waals surface area contributed by atoms with Crippen LogP contribution in [-0.2, 0) is 10.0 Å². The van der Waals surface area contributed by atoms with Crippen LogP contribution in [0.4, 0.5) is 0 Å². The van der Waals surface area contributed by atoms with Crippen LogP contribution in [0.5, 0.6) is 5.75 Å². The molecule has 0 atom stereocenters. The number of benzene rings is 2. The first-order valence-electron chi connectivity index (χ1n) is 8.01. The van der Waals surface area contributed by atoms with Crippen LogP contribution >= 0.6 is 11.6 Å². The summed E-state index contributed by atoms with van der Waals surface area (Å²) in [5, 5.41) is 10.1. The van der Waals surface area contributed by atoms with Crippen molar-refractivity contribution in [2.24, 2.45) is 0 Å². The number of hydrogen-bond donors (Lipinski definition) is 1. The van der Waals surface area contributed by atoms with Crippen molar-refractivity contribution in [3.63, 3.8) is 0 Å². The molecule has 8 heteroatoms. The molecule has 0 radical (unpaired) electrons. The molecule has 2 heterocycles. The van der Waals surface area contributed by atoms with Gasteiger partial charge in [-0.3, -0.25) is 0 Å². The Balaban J connectivity index is 2.01. The zero-order valence-electron chi connectivity index (χ0n) is 14.2. The maximum Gasteiger partial charge on any atom is 0.269 e. The highest BCUT2D eigenvalue weighted by Gasteiger charge is 2.24. The van der Waals surface area contributed by atoms with Crippen molar-refractivity contribution in [2.45, 2.75) is 11.8 Å². The Morgan fingerprint density at radius 1 is 1.00 bits per heavy atom. The molecular weight excluding hydrogens is 386 g/mol. The molecule has 27 heavy (non-hydrogen) atoms. The molecule has 0 spiro atoms. The number of rotatable bonds is 3. The standard InChI is InChI=1S/C19H14ClN3O3S/c1-12-2-8-15(9-3-12)27(25,26)23-10-16(13-4-6-14(24)7-5-13)17-18(20)21-11-22-19(17)23/h2-11,24H,1H3. The van der Waals surface area contributed by atoms with E-state index in [2.05, 4.69) is 9.97 Å². The molecule has 0 saturated heterocycles. The summed E-state index contributed by atoms with van der Waals surface area (Å²) in [4.78, 5) is 8.29. The van der Waals surface area contributed by atoms with Gasteiger partial charge in [0.1, 0.15) is 17.2 Å². The summed E-state index contributed by atoms with van der Waals surface area (Å²) in [6.45, 7) is 1.89. The van der Waals surface area contributed by atoms with E-state index in [0.29, 0.717) is 16.5 Å². The average Bonchev–Trinajstić information content (AvgIpc) is 3.04. The molecule has 0 amide bonds. The van der Waals surface area contributed by atoms with Crippen LogP contribution in [0.1, 0.15) is 5.56 Å². The third kappa shape index (κ3) is 2.94. The van der Waals surface area contributed by atoms with Gasteiger partial charge >= 0.3 is 0 Å². The molecule has 6 nitrogen and oxygen atoms in total. The highest BCUT2D eigenvalue weighted by molar-refractivity contribution is 7.90. The normalized spacial score (nSPS) is 11.8. The highest BCUT2D eigenvalue weighted by atomic mass is 35.5.